The number of Topliss-reactive ketones (excluding diaryl/α,β-unsaturated/α-hetero) is 1. The lowest BCUT2D eigenvalue weighted by molar-refractivity contribution is -0.136. The highest BCUT2D eigenvalue weighted by Gasteiger charge is 2.34. The van der Waals surface area contributed by atoms with Crippen LogP contribution in [0.15, 0.2) is 57.7 Å². The number of halogens is 3. The molecule has 0 aliphatic carbocycles. The number of ether oxygens (including phenoxy) is 1. The lowest BCUT2D eigenvalue weighted by Gasteiger charge is -2.16. The van der Waals surface area contributed by atoms with Crippen LogP contribution in [0.2, 0.25) is 0 Å². The van der Waals surface area contributed by atoms with E-state index < -0.39 is 29.4 Å². The molecule has 1 unspecified atom stereocenters. The number of benzene rings is 2. The first-order valence-electron chi connectivity index (χ1n) is 8.78. The molecule has 1 amide bonds. The fourth-order valence-electron chi connectivity index (χ4n) is 2.77. The van der Waals surface area contributed by atoms with Gasteiger partial charge in [0.15, 0.2) is 11.9 Å². The van der Waals surface area contributed by atoms with Gasteiger partial charge in [-0.25, -0.2) is 4.79 Å². The summed E-state index contributed by atoms with van der Waals surface area (Å²) in [5.41, 5.74) is -1.76. The molecule has 0 radical (unpaired) electrons. The van der Waals surface area contributed by atoms with Crippen LogP contribution in [0, 0.1) is 0 Å². The summed E-state index contributed by atoms with van der Waals surface area (Å²) >= 11 is 0. The van der Waals surface area contributed by atoms with Crippen molar-refractivity contribution in [2.45, 2.75) is 26.1 Å². The summed E-state index contributed by atoms with van der Waals surface area (Å²) < 4.78 is 49.7. The average molecular weight is 419 g/mol. The molecule has 1 N–H and O–H groups in total. The minimum Gasteiger partial charge on any atom is -0.481 e. The standard InChI is InChI=1S/C21H16F3NO5/c1-11(26)13-4-3-5-14(8-13)25-20(28)12(2)29-15-6-7-16-17(21(22,23)24)10-19(27)30-18(16)9-15/h3-10,12H,1-2H3,(H,25,28). The Balaban J connectivity index is 1.80. The lowest BCUT2D eigenvalue weighted by atomic mass is 10.1. The summed E-state index contributed by atoms with van der Waals surface area (Å²) in [5, 5.41) is 2.30. The summed E-state index contributed by atoms with van der Waals surface area (Å²) in [6.45, 7) is 2.84. The highest BCUT2D eigenvalue weighted by molar-refractivity contribution is 5.98. The van der Waals surface area contributed by atoms with Crippen molar-refractivity contribution in [2.24, 2.45) is 0 Å². The number of nitrogens with one attached hydrogen (secondary N) is 1. The molecule has 0 saturated carbocycles. The number of fused-ring (bicyclic) bond motifs is 1. The first-order chi connectivity index (χ1) is 14.0. The Morgan fingerprint density at radius 3 is 2.50 bits per heavy atom. The maximum atomic E-state index is 13.1. The van der Waals surface area contributed by atoms with Crippen LogP contribution in [0.5, 0.6) is 5.75 Å². The first-order valence-corrected chi connectivity index (χ1v) is 8.78. The average Bonchev–Trinajstić information content (AvgIpc) is 2.66. The van der Waals surface area contributed by atoms with Gasteiger partial charge in [-0.05, 0) is 38.1 Å². The largest absolute Gasteiger partial charge is 0.481 e. The molecule has 6 nitrogen and oxygen atoms in total. The molecule has 1 aromatic heterocycles. The van der Waals surface area contributed by atoms with E-state index in [0.717, 1.165) is 12.1 Å². The van der Waals surface area contributed by atoms with Gasteiger partial charge in [0, 0.05) is 28.8 Å². The number of ketones is 1. The summed E-state index contributed by atoms with van der Waals surface area (Å²) in [7, 11) is 0. The zero-order chi connectivity index (χ0) is 22.1. The second-order valence-corrected chi connectivity index (χ2v) is 6.52. The summed E-state index contributed by atoms with van der Waals surface area (Å²) in [4.78, 5) is 35.3. The number of carbonyl (C=O) groups excluding carboxylic acids is 2. The SMILES string of the molecule is CC(=O)c1cccc(NC(=O)C(C)Oc2ccc3c(C(F)(F)F)cc(=O)oc3c2)c1. The van der Waals surface area contributed by atoms with E-state index in [0.29, 0.717) is 17.3 Å². The Morgan fingerprint density at radius 2 is 1.83 bits per heavy atom. The van der Waals surface area contributed by atoms with E-state index in [2.05, 4.69) is 5.32 Å². The van der Waals surface area contributed by atoms with Crippen LogP contribution >= 0.6 is 0 Å². The molecular weight excluding hydrogens is 403 g/mol. The van der Waals surface area contributed by atoms with Gasteiger partial charge in [-0.15, -0.1) is 0 Å². The molecule has 3 rings (SSSR count). The summed E-state index contributed by atoms with van der Waals surface area (Å²) in [6.07, 6.45) is -5.75. The number of rotatable bonds is 5. The van der Waals surface area contributed by atoms with Crippen molar-refractivity contribution < 1.29 is 31.9 Å². The van der Waals surface area contributed by atoms with Crippen molar-refractivity contribution in [1.82, 2.24) is 0 Å². The van der Waals surface area contributed by atoms with Crippen LogP contribution in [0.1, 0.15) is 29.8 Å². The molecule has 0 saturated heterocycles. The smallest absolute Gasteiger partial charge is 0.417 e. The van der Waals surface area contributed by atoms with E-state index in [1.54, 1.807) is 18.2 Å². The highest BCUT2D eigenvalue weighted by Crippen LogP contribution is 2.35. The highest BCUT2D eigenvalue weighted by atomic mass is 19.4. The first kappa shape index (κ1) is 21.1. The van der Waals surface area contributed by atoms with Gasteiger partial charge in [0.1, 0.15) is 11.3 Å². The molecule has 1 heterocycles. The molecule has 0 bridgehead atoms. The van der Waals surface area contributed by atoms with Gasteiger partial charge in [-0.3, -0.25) is 9.59 Å². The molecule has 0 aliphatic rings. The summed E-state index contributed by atoms with van der Waals surface area (Å²) in [5.74, 6) is -0.655. The second kappa shape index (κ2) is 8.02. The number of anilines is 1. The van der Waals surface area contributed by atoms with Gasteiger partial charge < -0.3 is 14.5 Å². The van der Waals surface area contributed by atoms with Crippen LogP contribution in [0.4, 0.5) is 18.9 Å². The molecule has 156 valence electrons. The topological polar surface area (TPSA) is 85.6 Å². The maximum absolute atomic E-state index is 13.1. The van der Waals surface area contributed by atoms with Crippen molar-refractivity contribution in [2.75, 3.05) is 5.32 Å². The van der Waals surface area contributed by atoms with Crippen LogP contribution in [-0.4, -0.2) is 17.8 Å². The normalized spacial score (nSPS) is 12.4. The fourth-order valence-corrected chi connectivity index (χ4v) is 2.77. The fraction of sp³-hybridized carbons (Fsp3) is 0.190. The third kappa shape index (κ3) is 4.68. The molecule has 0 aliphatic heterocycles. The van der Waals surface area contributed by atoms with Crippen molar-refractivity contribution in [3.63, 3.8) is 0 Å². The summed E-state index contributed by atoms with van der Waals surface area (Å²) in [6, 6.07) is 10.2. The van der Waals surface area contributed by atoms with E-state index in [9.17, 15) is 27.6 Å². The van der Waals surface area contributed by atoms with Gasteiger partial charge in [0.2, 0.25) is 0 Å². The van der Waals surface area contributed by atoms with Crippen molar-refractivity contribution in [3.8, 4) is 5.75 Å². The molecule has 0 spiro atoms. The van der Waals surface area contributed by atoms with Crippen LogP contribution in [0.25, 0.3) is 11.0 Å². The minimum absolute atomic E-state index is 0.0464. The second-order valence-electron chi connectivity index (χ2n) is 6.52. The molecule has 1 atom stereocenters. The zero-order valence-electron chi connectivity index (χ0n) is 15.9. The Morgan fingerprint density at radius 1 is 1.10 bits per heavy atom. The van der Waals surface area contributed by atoms with E-state index in [1.165, 1.54) is 26.0 Å². The van der Waals surface area contributed by atoms with Gasteiger partial charge in [0.25, 0.3) is 5.91 Å². The van der Waals surface area contributed by atoms with Gasteiger partial charge >= 0.3 is 11.8 Å². The van der Waals surface area contributed by atoms with E-state index in [4.69, 9.17) is 9.15 Å². The number of alkyl halides is 3. The Labute approximate surface area is 168 Å². The lowest BCUT2D eigenvalue weighted by Crippen LogP contribution is -2.30. The number of hydrogen-bond donors (Lipinski definition) is 1. The van der Waals surface area contributed by atoms with Crippen LogP contribution < -0.4 is 15.7 Å². The Kier molecular flexibility index (Phi) is 5.64. The van der Waals surface area contributed by atoms with Crippen molar-refractivity contribution in [1.29, 1.82) is 0 Å². The zero-order valence-corrected chi connectivity index (χ0v) is 15.9. The van der Waals surface area contributed by atoms with Gasteiger partial charge in [-0.1, -0.05) is 12.1 Å². The van der Waals surface area contributed by atoms with E-state index in [1.807, 2.05) is 0 Å². The molecule has 3 aromatic rings. The molecular formula is C21H16F3NO5. The van der Waals surface area contributed by atoms with Crippen molar-refractivity contribution in [3.05, 3.63) is 70.1 Å². The third-order valence-corrected chi connectivity index (χ3v) is 4.24. The maximum Gasteiger partial charge on any atom is 0.417 e. The number of carbonyl (C=O) groups is 2. The van der Waals surface area contributed by atoms with Gasteiger partial charge in [-0.2, -0.15) is 13.2 Å². The van der Waals surface area contributed by atoms with E-state index >= 15 is 0 Å². The number of amides is 1. The predicted octanol–water partition coefficient (Wildman–Crippen LogP) is 4.42. The Bertz CT molecular complexity index is 1180. The Hall–Kier alpha value is -3.62. The molecule has 0 fully saturated rings. The monoisotopic (exact) mass is 419 g/mol. The van der Waals surface area contributed by atoms with Crippen LogP contribution in [0.3, 0.4) is 0 Å². The molecule has 2 aromatic carbocycles. The number of hydrogen-bond acceptors (Lipinski definition) is 5. The van der Waals surface area contributed by atoms with E-state index in [-0.39, 0.29) is 22.5 Å². The molecule has 30 heavy (non-hydrogen) atoms. The third-order valence-electron chi connectivity index (χ3n) is 4.24. The molecule has 9 heteroatoms. The van der Waals surface area contributed by atoms with Crippen LogP contribution in [-0.2, 0) is 11.0 Å². The minimum atomic E-state index is -4.72. The van der Waals surface area contributed by atoms with Crippen molar-refractivity contribution >= 4 is 28.3 Å². The predicted molar refractivity (Wildman–Crippen MR) is 103 cm³/mol. The van der Waals surface area contributed by atoms with Gasteiger partial charge in [0.05, 0.1) is 5.56 Å². The quantitative estimate of drug-likeness (QED) is 0.489.